The molecule has 0 bridgehead atoms. The second kappa shape index (κ2) is 7.17. The Bertz CT molecular complexity index is 455. The minimum absolute atomic E-state index is 0.0931. The molecule has 110 valence electrons. The Kier molecular flexibility index (Phi) is 5.27. The third-order valence-corrected chi connectivity index (χ3v) is 3.46. The van der Waals surface area contributed by atoms with Gasteiger partial charge >= 0.3 is 0 Å². The predicted octanol–water partition coefficient (Wildman–Crippen LogP) is 2.34. The number of benzene rings is 1. The summed E-state index contributed by atoms with van der Waals surface area (Å²) in [6, 6.07) is 8.09. The van der Waals surface area contributed by atoms with Crippen LogP contribution >= 0.6 is 0 Å². The van der Waals surface area contributed by atoms with Gasteiger partial charge in [-0.2, -0.15) is 0 Å². The zero-order valence-corrected chi connectivity index (χ0v) is 12.6. The minimum atomic E-state index is 0.0931. The van der Waals surface area contributed by atoms with Crippen LogP contribution in [0, 0.1) is 12.8 Å². The average molecular weight is 275 g/mol. The Labute approximate surface area is 121 Å². The molecule has 1 unspecified atom stereocenters. The van der Waals surface area contributed by atoms with Gasteiger partial charge in [0.25, 0.3) is 0 Å². The molecule has 2 rings (SSSR count). The van der Waals surface area contributed by atoms with Gasteiger partial charge in [-0.15, -0.1) is 0 Å². The highest BCUT2D eigenvalue weighted by Gasteiger charge is 2.21. The zero-order valence-electron chi connectivity index (χ0n) is 12.6. The lowest BCUT2D eigenvalue weighted by Crippen LogP contribution is -2.42. The molecule has 1 saturated carbocycles. The summed E-state index contributed by atoms with van der Waals surface area (Å²) < 4.78 is 5.93. The molecular weight excluding hydrogens is 250 g/mol. The molecule has 1 aliphatic carbocycles. The van der Waals surface area contributed by atoms with Gasteiger partial charge in [-0.1, -0.05) is 18.2 Å². The Morgan fingerprint density at radius 2 is 2.10 bits per heavy atom. The van der Waals surface area contributed by atoms with Crippen LogP contribution in [-0.2, 0) is 0 Å². The van der Waals surface area contributed by atoms with Crippen molar-refractivity contribution in [1.29, 1.82) is 0 Å². The molecule has 1 aliphatic rings. The largest absolute Gasteiger partial charge is 0.489 e. The molecule has 0 heterocycles. The lowest BCUT2D eigenvalue weighted by atomic mass is 10.2. The van der Waals surface area contributed by atoms with E-state index in [0.29, 0.717) is 0 Å². The van der Waals surface area contributed by atoms with Crippen LogP contribution in [0.25, 0.3) is 0 Å². The van der Waals surface area contributed by atoms with Gasteiger partial charge < -0.3 is 15.4 Å². The predicted molar refractivity (Wildman–Crippen MR) is 83.4 cm³/mol. The lowest BCUT2D eigenvalue weighted by Gasteiger charge is -2.18. The topological polar surface area (TPSA) is 45.7 Å². The molecule has 1 aromatic carbocycles. The molecular formula is C16H25N3O. The van der Waals surface area contributed by atoms with Crippen molar-refractivity contribution in [3.05, 3.63) is 29.8 Å². The summed E-state index contributed by atoms with van der Waals surface area (Å²) in [4.78, 5) is 4.22. The molecule has 0 spiro atoms. The van der Waals surface area contributed by atoms with Crippen molar-refractivity contribution in [2.24, 2.45) is 10.9 Å². The Morgan fingerprint density at radius 3 is 2.75 bits per heavy atom. The van der Waals surface area contributed by atoms with E-state index in [1.54, 1.807) is 7.05 Å². The number of nitrogens with zero attached hydrogens (tertiary/aromatic N) is 1. The van der Waals surface area contributed by atoms with E-state index >= 15 is 0 Å². The number of aliphatic imine (C=N–C) groups is 1. The first-order chi connectivity index (χ1) is 9.69. The summed E-state index contributed by atoms with van der Waals surface area (Å²) in [5, 5.41) is 6.65. The van der Waals surface area contributed by atoms with Gasteiger partial charge in [0.2, 0.25) is 0 Å². The number of ether oxygens (including phenoxy) is 1. The molecule has 20 heavy (non-hydrogen) atoms. The van der Waals surface area contributed by atoms with Crippen LogP contribution in [0.15, 0.2) is 29.3 Å². The summed E-state index contributed by atoms with van der Waals surface area (Å²) in [5.41, 5.74) is 1.16. The number of guanidine groups is 1. The van der Waals surface area contributed by atoms with Gasteiger partial charge in [-0.25, -0.2) is 0 Å². The van der Waals surface area contributed by atoms with Gasteiger partial charge in [0.15, 0.2) is 5.96 Å². The third kappa shape index (κ3) is 4.76. The smallest absolute Gasteiger partial charge is 0.191 e. The first-order valence-corrected chi connectivity index (χ1v) is 7.36. The van der Waals surface area contributed by atoms with E-state index in [9.17, 15) is 0 Å². The van der Waals surface area contributed by atoms with E-state index in [1.165, 1.54) is 12.8 Å². The highest BCUT2D eigenvalue weighted by molar-refractivity contribution is 5.79. The number of hydrogen-bond donors (Lipinski definition) is 2. The van der Waals surface area contributed by atoms with Crippen LogP contribution in [0.3, 0.4) is 0 Å². The van der Waals surface area contributed by atoms with Crippen LogP contribution in [0.2, 0.25) is 0 Å². The van der Waals surface area contributed by atoms with Crippen LogP contribution in [-0.4, -0.2) is 32.2 Å². The number of rotatable bonds is 6. The molecule has 0 saturated heterocycles. The molecule has 0 radical (unpaired) electrons. The Morgan fingerprint density at radius 1 is 1.35 bits per heavy atom. The number of hydrogen-bond acceptors (Lipinski definition) is 2. The summed E-state index contributed by atoms with van der Waals surface area (Å²) in [6.45, 7) is 5.88. The molecule has 1 aromatic rings. The molecule has 1 fully saturated rings. The summed E-state index contributed by atoms with van der Waals surface area (Å²) >= 11 is 0. The monoisotopic (exact) mass is 275 g/mol. The van der Waals surface area contributed by atoms with Crippen LogP contribution < -0.4 is 15.4 Å². The maximum Gasteiger partial charge on any atom is 0.191 e. The maximum atomic E-state index is 5.93. The first kappa shape index (κ1) is 14.7. The standard InChI is InChI=1S/C16H25N3O/c1-12-6-4-5-7-15(12)20-13(2)10-18-16(17-3)19-11-14-8-9-14/h4-7,13-14H,8-11H2,1-3H3,(H2,17,18,19). The van der Waals surface area contributed by atoms with Gasteiger partial charge in [0.1, 0.15) is 11.9 Å². The summed E-state index contributed by atoms with van der Waals surface area (Å²) in [5.74, 6) is 2.65. The lowest BCUT2D eigenvalue weighted by molar-refractivity contribution is 0.222. The summed E-state index contributed by atoms with van der Waals surface area (Å²) in [6.07, 6.45) is 2.78. The van der Waals surface area contributed by atoms with Gasteiger partial charge in [0.05, 0.1) is 6.54 Å². The molecule has 4 heteroatoms. The third-order valence-electron chi connectivity index (χ3n) is 3.46. The van der Waals surface area contributed by atoms with Crippen molar-refractivity contribution < 1.29 is 4.74 Å². The van der Waals surface area contributed by atoms with Gasteiger partial charge in [-0.3, -0.25) is 4.99 Å². The van der Waals surface area contributed by atoms with E-state index < -0.39 is 0 Å². The second-order valence-corrected chi connectivity index (χ2v) is 5.47. The average Bonchev–Trinajstić information content (AvgIpc) is 3.26. The van der Waals surface area contributed by atoms with Crippen molar-refractivity contribution in [2.45, 2.75) is 32.8 Å². The molecule has 1 atom stereocenters. The van der Waals surface area contributed by atoms with E-state index in [4.69, 9.17) is 4.74 Å². The molecule has 0 aromatic heterocycles. The van der Waals surface area contributed by atoms with E-state index in [1.807, 2.05) is 18.2 Å². The fraction of sp³-hybridized carbons (Fsp3) is 0.562. The van der Waals surface area contributed by atoms with E-state index in [-0.39, 0.29) is 6.10 Å². The van der Waals surface area contributed by atoms with Crippen LogP contribution in [0.4, 0.5) is 0 Å². The number of para-hydroxylation sites is 1. The zero-order chi connectivity index (χ0) is 14.4. The number of aryl methyl sites for hydroxylation is 1. The SMILES string of the molecule is CN=C(NCC1CC1)NCC(C)Oc1ccccc1C. The quantitative estimate of drug-likeness (QED) is 0.619. The first-order valence-electron chi connectivity index (χ1n) is 7.36. The molecule has 0 aliphatic heterocycles. The highest BCUT2D eigenvalue weighted by Crippen LogP contribution is 2.27. The van der Waals surface area contributed by atoms with Crippen molar-refractivity contribution in [1.82, 2.24) is 10.6 Å². The molecule has 0 amide bonds. The van der Waals surface area contributed by atoms with E-state index in [0.717, 1.165) is 36.3 Å². The maximum absolute atomic E-state index is 5.93. The highest BCUT2D eigenvalue weighted by atomic mass is 16.5. The van der Waals surface area contributed by atoms with E-state index in [2.05, 4.69) is 35.5 Å². The fourth-order valence-electron chi connectivity index (χ4n) is 1.97. The molecule has 4 nitrogen and oxygen atoms in total. The van der Waals surface area contributed by atoms with Crippen molar-refractivity contribution >= 4 is 5.96 Å². The van der Waals surface area contributed by atoms with Crippen molar-refractivity contribution in [2.75, 3.05) is 20.1 Å². The van der Waals surface area contributed by atoms with Gasteiger partial charge in [-0.05, 0) is 44.2 Å². The normalized spacial score (nSPS) is 16.6. The van der Waals surface area contributed by atoms with Crippen molar-refractivity contribution in [3.63, 3.8) is 0 Å². The summed E-state index contributed by atoms with van der Waals surface area (Å²) in [7, 11) is 1.80. The fourth-order valence-corrected chi connectivity index (χ4v) is 1.97. The van der Waals surface area contributed by atoms with Crippen LogP contribution in [0.5, 0.6) is 5.75 Å². The van der Waals surface area contributed by atoms with Crippen LogP contribution in [0.1, 0.15) is 25.3 Å². The minimum Gasteiger partial charge on any atom is -0.489 e. The van der Waals surface area contributed by atoms with Crippen molar-refractivity contribution in [3.8, 4) is 5.75 Å². The van der Waals surface area contributed by atoms with Gasteiger partial charge in [0, 0.05) is 13.6 Å². The number of nitrogens with one attached hydrogen (secondary N) is 2. The Balaban J connectivity index is 1.73. The second-order valence-electron chi connectivity index (χ2n) is 5.47. The Hall–Kier alpha value is -1.71. The molecule has 2 N–H and O–H groups in total.